The van der Waals surface area contributed by atoms with Gasteiger partial charge in [0, 0.05) is 6.10 Å². The third-order valence-electron chi connectivity index (χ3n) is 0.201. The van der Waals surface area contributed by atoms with E-state index >= 15 is 0 Å². The number of aliphatic hydroxyl groups is 1. The van der Waals surface area contributed by atoms with E-state index in [4.69, 9.17) is 5.11 Å². The molecule has 0 aromatic rings. The summed E-state index contributed by atoms with van der Waals surface area (Å²) in [5.41, 5.74) is 0.574. The fraction of sp³-hybridized carbons (Fsp3) is 0.571. The van der Waals surface area contributed by atoms with Crippen molar-refractivity contribution in [2.75, 3.05) is 0 Å². The minimum Gasteiger partial charge on any atom is -0.394 e. The molecule has 9 heavy (non-hydrogen) atoms. The first-order chi connectivity index (χ1) is 4.00. The van der Waals surface area contributed by atoms with Crippen LogP contribution >= 0.6 is 0 Å². The van der Waals surface area contributed by atoms with E-state index in [0.29, 0.717) is 5.57 Å². The number of hydrogen-bond acceptors (Lipinski definition) is 2. The van der Waals surface area contributed by atoms with Gasteiger partial charge in [-0.15, -0.1) is 0 Å². The maximum Gasteiger partial charge on any atom is 0.145 e. The van der Waals surface area contributed by atoms with E-state index in [9.17, 15) is 4.79 Å². The van der Waals surface area contributed by atoms with Crippen molar-refractivity contribution >= 4 is 6.29 Å². The SMILES string of the molecule is C=C(C)C=O.CC(C)O. The van der Waals surface area contributed by atoms with Crippen LogP contribution in [-0.2, 0) is 4.79 Å². The minimum atomic E-state index is -0.167. The van der Waals surface area contributed by atoms with Crippen molar-refractivity contribution in [3.63, 3.8) is 0 Å². The van der Waals surface area contributed by atoms with E-state index < -0.39 is 0 Å². The normalized spacial score (nSPS) is 7.67. The van der Waals surface area contributed by atoms with E-state index in [-0.39, 0.29) is 6.10 Å². The Kier molecular flexibility index (Phi) is 9.18. The second kappa shape index (κ2) is 7.37. The van der Waals surface area contributed by atoms with Crippen molar-refractivity contribution in [1.29, 1.82) is 0 Å². The molecule has 0 amide bonds. The molecule has 0 aliphatic carbocycles. The highest BCUT2D eigenvalue weighted by atomic mass is 16.3. The van der Waals surface area contributed by atoms with Crippen molar-refractivity contribution in [1.82, 2.24) is 0 Å². The maximum absolute atomic E-state index is 9.41. The molecule has 0 rings (SSSR count). The van der Waals surface area contributed by atoms with Crippen molar-refractivity contribution in [3.05, 3.63) is 12.2 Å². The molecule has 0 aliphatic rings. The zero-order chi connectivity index (χ0) is 7.86. The minimum absolute atomic E-state index is 0.167. The summed E-state index contributed by atoms with van der Waals surface area (Å²) in [6, 6.07) is 0. The largest absolute Gasteiger partial charge is 0.394 e. The Morgan fingerprint density at radius 2 is 1.78 bits per heavy atom. The van der Waals surface area contributed by atoms with Crippen LogP contribution in [0.5, 0.6) is 0 Å². The zero-order valence-corrected chi connectivity index (χ0v) is 6.22. The Morgan fingerprint density at radius 1 is 1.67 bits per heavy atom. The Labute approximate surface area is 56.2 Å². The summed E-state index contributed by atoms with van der Waals surface area (Å²) in [6.45, 7) is 8.41. The Hall–Kier alpha value is -0.630. The lowest BCUT2D eigenvalue weighted by molar-refractivity contribution is -0.104. The van der Waals surface area contributed by atoms with Crippen LogP contribution < -0.4 is 0 Å². The van der Waals surface area contributed by atoms with E-state index in [1.54, 1.807) is 20.8 Å². The summed E-state index contributed by atoms with van der Waals surface area (Å²) in [7, 11) is 0. The molecule has 0 aliphatic heterocycles. The van der Waals surface area contributed by atoms with Gasteiger partial charge >= 0.3 is 0 Å². The van der Waals surface area contributed by atoms with E-state index in [1.165, 1.54) is 0 Å². The van der Waals surface area contributed by atoms with Gasteiger partial charge in [-0.2, -0.15) is 0 Å². The van der Waals surface area contributed by atoms with Gasteiger partial charge in [0.15, 0.2) is 0 Å². The smallest absolute Gasteiger partial charge is 0.145 e. The summed E-state index contributed by atoms with van der Waals surface area (Å²) in [5.74, 6) is 0. The number of aliphatic hydroxyl groups excluding tert-OH is 1. The fourth-order valence-electron chi connectivity index (χ4n) is 0. The molecule has 54 valence electrons. The molecule has 0 fully saturated rings. The first-order valence-electron chi connectivity index (χ1n) is 2.79. The first kappa shape index (κ1) is 11.2. The number of carbonyl (C=O) groups excluding carboxylic acids is 1. The topological polar surface area (TPSA) is 37.3 Å². The van der Waals surface area contributed by atoms with Gasteiger partial charge in [-0.05, 0) is 26.3 Å². The summed E-state index contributed by atoms with van der Waals surface area (Å²) < 4.78 is 0. The molecular weight excluding hydrogens is 116 g/mol. The van der Waals surface area contributed by atoms with Crippen LogP contribution in [0.4, 0.5) is 0 Å². The van der Waals surface area contributed by atoms with Crippen LogP contribution in [0.15, 0.2) is 12.2 Å². The van der Waals surface area contributed by atoms with Crippen molar-refractivity contribution in [2.24, 2.45) is 0 Å². The molecule has 2 heteroatoms. The second-order valence-corrected chi connectivity index (χ2v) is 2.06. The molecule has 0 atom stereocenters. The molecule has 0 saturated carbocycles. The third kappa shape index (κ3) is 113. The molecule has 0 aromatic carbocycles. The van der Waals surface area contributed by atoms with E-state index in [2.05, 4.69) is 6.58 Å². The van der Waals surface area contributed by atoms with Gasteiger partial charge in [0.2, 0.25) is 0 Å². The monoisotopic (exact) mass is 130 g/mol. The van der Waals surface area contributed by atoms with Crippen LogP contribution in [0.25, 0.3) is 0 Å². The fourth-order valence-corrected chi connectivity index (χ4v) is 0. The third-order valence-corrected chi connectivity index (χ3v) is 0.201. The Morgan fingerprint density at radius 3 is 1.78 bits per heavy atom. The molecule has 2 nitrogen and oxygen atoms in total. The van der Waals surface area contributed by atoms with Gasteiger partial charge in [0.25, 0.3) is 0 Å². The lowest BCUT2D eigenvalue weighted by Crippen LogP contribution is -1.85. The van der Waals surface area contributed by atoms with Crippen molar-refractivity contribution in [2.45, 2.75) is 26.9 Å². The molecule has 0 heterocycles. The molecule has 0 radical (unpaired) electrons. The average Bonchev–Trinajstić information content (AvgIpc) is 1.65. The number of aldehydes is 1. The molecule has 0 spiro atoms. The Balaban J connectivity index is 0. The number of rotatable bonds is 1. The van der Waals surface area contributed by atoms with Gasteiger partial charge < -0.3 is 5.11 Å². The summed E-state index contributed by atoms with van der Waals surface area (Å²) in [5, 5.41) is 8.06. The van der Waals surface area contributed by atoms with E-state index in [0.717, 1.165) is 6.29 Å². The van der Waals surface area contributed by atoms with Crippen molar-refractivity contribution in [3.8, 4) is 0 Å². The molecule has 0 saturated heterocycles. The number of hydrogen-bond donors (Lipinski definition) is 1. The van der Waals surface area contributed by atoms with Crippen LogP contribution in [0.2, 0.25) is 0 Å². The maximum atomic E-state index is 9.41. The zero-order valence-electron chi connectivity index (χ0n) is 6.22. The Bertz CT molecular complexity index is 82.2. The highest BCUT2D eigenvalue weighted by Gasteiger charge is 1.69. The predicted molar refractivity (Wildman–Crippen MR) is 38.2 cm³/mol. The highest BCUT2D eigenvalue weighted by molar-refractivity contribution is 5.70. The lowest BCUT2D eigenvalue weighted by Gasteiger charge is -1.80. The molecular formula is C7H14O2. The number of carbonyl (C=O) groups is 1. The van der Waals surface area contributed by atoms with Gasteiger partial charge in [-0.3, -0.25) is 4.79 Å². The second-order valence-electron chi connectivity index (χ2n) is 2.06. The standard InChI is InChI=1S/C4H6O.C3H8O/c1-4(2)3-5;1-3(2)4/h3H,1H2,2H3;3-4H,1-2H3. The molecule has 0 aromatic heterocycles. The van der Waals surface area contributed by atoms with Gasteiger partial charge in [0.05, 0.1) is 0 Å². The molecule has 1 N–H and O–H groups in total. The summed E-state index contributed by atoms with van der Waals surface area (Å²) in [4.78, 5) is 9.41. The first-order valence-corrected chi connectivity index (χ1v) is 2.79. The van der Waals surface area contributed by atoms with Crippen LogP contribution in [0.1, 0.15) is 20.8 Å². The molecule has 0 unspecified atom stereocenters. The van der Waals surface area contributed by atoms with Crippen LogP contribution in [-0.4, -0.2) is 17.5 Å². The number of allylic oxidation sites excluding steroid dienone is 1. The summed E-state index contributed by atoms with van der Waals surface area (Å²) in [6.07, 6.45) is 0.556. The lowest BCUT2D eigenvalue weighted by atomic mass is 10.4. The van der Waals surface area contributed by atoms with Crippen LogP contribution in [0.3, 0.4) is 0 Å². The van der Waals surface area contributed by atoms with Crippen molar-refractivity contribution < 1.29 is 9.90 Å². The average molecular weight is 130 g/mol. The van der Waals surface area contributed by atoms with Gasteiger partial charge in [-0.25, -0.2) is 0 Å². The van der Waals surface area contributed by atoms with Gasteiger partial charge in [0.1, 0.15) is 6.29 Å². The molecule has 0 bridgehead atoms. The quantitative estimate of drug-likeness (QED) is 0.427. The summed E-state index contributed by atoms with van der Waals surface area (Å²) >= 11 is 0. The van der Waals surface area contributed by atoms with Gasteiger partial charge in [-0.1, -0.05) is 6.58 Å². The predicted octanol–water partition coefficient (Wildman–Crippen LogP) is 1.15. The highest BCUT2D eigenvalue weighted by Crippen LogP contribution is 1.71. The van der Waals surface area contributed by atoms with Crippen LogP contribution in [0, 0.1) is 0 Å². The van der Waals surface area contributed by atoms with E-state index in [1.807, 2.05) is 0 Å².